The minimum atomic E-state index is -0.318. The summed E-state index contributed by atoms with van der Waals surface area (Å²) >= 11 is 0. The molecule has 1 unspecified atom stereocenters. The molecule has 6 heteroatoms. The Kier molecular flexibility index (Phi) is 6.94. The molecule has 1 saturated heterocycles. The van der Waals surface area contributed by atoms with Crippen LogP contribution in [0.15, 0.2) is 54.6 Å². The number of nitrogens with one attached hydrogen (secondary N) is 1. The van der Waals surface area contributed by atoms with Crippen LogP contribution in [0.2, 0.25) is 0 Å². The first kappa shape index (κ1) is 24.0. The number of carbonyl (C=O) groups excluding carboxylic acids is 2. The van der Waals surface area contributed by atoms with E-state index in [9.17, 15) is 9.59 Å². The quantitative estimate of drug-likeness (QED) is 0.480. The zero-order chi connectivity index (χ0) is 24.4. The molecule has 1 heterocycles. The monoisotopic (exact) mass is 476 g/mol. The van der Waals surface area contributed by atoms with Gasteiger partial charge in [-0.05, 0) is 74.4 Å². The molecule has 1 amide bonds. The highest BCUT2D eigenvalue weighted by Gasteiger charge is 2.53. The zero-order valence-electron chi connectivity index (χ0n) is 20.7. The molecule has 5 rings (SSSR count). The second kappa shape index (κ2) is 10.1. The summed E-state index contributed by atoms with van der Waals surface area (Å²) in [6.45, 7) is 4.62. The number of benzene rings is 2. The van der Waals surface area contributed by atoms with E-state index in [0.717, 1.165) is 38.3 Å². The summed E-state index contributed by atoms with van der Waals surface area (Å²) in [6.07, 6.45) is 5.35. The minimum absolute atomic E-state index is 0.00345. The van der Waals surface area contributed by atoms with Crippen molar-refractivity contribution in [1.82, 2.24) is 10.2 Å². The number of ether oxygens (including phenoxy) is 2. The summed E-state index contributed by atoms with van der Waals surface area (Å²) < 4.78 is 11.6. The first-order valence-corrected chi connectivity index (χ1v) is 12.9. The number of rotatable bonds is 7. The Labute approximate surface area is 208 Å². The standard InChI is InChI=1S/C29H36N2O4/c1-20(32)35-25-10-6-9-23(15-25)29-13-14-31(18-21-11-12-21)19-26(29)27(34-2)16-24(17-29)30-28(33)22-7-4-3-5-8-22/h3-10,15,21,24,26-27H,11-14,16-19H2,1-2H3,(H,30,33)/t24-,26+,27?,29+/m1/s1. The summed E-state index contributed by atoms with van der Waals surface area (Å²) in [7, 11) is 1.80. The van der Waals surface area contributed by atoms with E-state index in [1.54, 1.807) is 7.11 Å². The molecule has 4 atom stereocenters. The van der Waals surface area contributed by atoms with Crippen molar-refractivity contribution < 1.29 is 19.1 Å². The fourth-order valence-electron chi connectivity index (χ4n) is 6.35. The van der Waals surface area contributed by atoms with E-state index >= 15 is 0 Å². The van der Waals surface area contributed by atoms with Crippen LogP contribution >= 0.6 is 0 Å². The van der Waals surface area contributed by atoms with E-state index in [1.807, 2.05) is 48.5 Å². The molecule has 6 nitrogen and oxygen atoms in total. The predicted octanol–water partition coefficient (Wildman–Crippen LogP) is 4.19. The lowest BCUT2D eigenvalue weighted by Crippen LogP contribution is -2.61. The van der Waals surface area contributed by atoms with Crippen molar-refractivity contribution >= 4 is 11.9 Å². The fourth-order valence-corrected chi connectivity index (χ4v) is 6.35. The van der Waals surface area contributed by atoms with Crippen molar-refractivity contribution in [3.05, 3.63) is 65.7 Å². The molecule has 35 heavy (non-hydrogen) atoms. The van der Waals surface area contributed by atoms with Gasteiger partial charge < -0.3 is 19.7 Å². The number of nitrogens with zero attached hydrogens (tertiary/aromatic N) is 1. The Bertz CT molecular complexity index is 1050. The fraction of sp³-hybridized carbons (Fsp3) is 0.517. The van der Waals surface area contributed by atoms with Crippen LogP contribution in [-0.2, 0) is 14.9 Å². The number of esters is 1. The van der Waals surface area contributed by atoms with Gasteiger partial charge in [0, 0.05) is 50.1 Å². The van der Waals surface area contributed by atoms with Gasteiger partial charge in [0.05, 0.1) is 6.10 Å². The number of hydrogen-bond acceptors (Lipinski definition) is 5. The van der Waals surface area contributed by atoms with E-state index in [1.165, 1.54) is 31.9 Å². The van der Waals surface area contributed by atoms with Crippen molar-refractivity contribution in [2.75, 3.05) is 26.7 Å². The van der Waals surface area contributed by atoms with Gasteiger partial charge in [0.2, 0.25) is 0 Å². The molecular formula is C29H36N2O4. The Morgan fingerprint density at radius 1 is 1.11 bits per heavy atom. The maximum absolute atomic E-state index is 13.0. The smallest absolute Gasteiger partial charge is 0.308 e. The largest absolute Gasteiger partial charge is 0.427 e. The van der Waals surface area contributed by atoms with Crippen LogP contribution in [0.25, 0.3) is 0 Å². The molecule has 2 saturated carbocycles. The summed E-state index contributed by atoms with van der Waals surface area (Å²) in [5, 5.41) is 3.31. The number of hydrogen-bond donors (Lipinski definition) is 1. The number of methoxy groups -OCH3 is 1. The van der Waals surface area contributed by atoms with E-state index in [0.29, 0.717) is 17.2 Å². The van der Waals surface area contributed by atoms with Crippen molar-refractivity contribution in [2.24, 2.45) is 11.8 Å². The van der Waals surface area contributed by atoms with Crippen LogP contribution in [0.3, 0.4) is 0 Å². The predicted molar refractivity (Wildman–Crippen MR) is 134 cm³/mol. The van der Waals surface area contributed by atoms with E-state index in [2.05, 4.69) is 16.3 Å². The molecule has 1 aliphatic heterocycles. The van der Waals surface area contributed by atoms with Gasteiger partial charge in [-0.1, -0.05) is 30.3 Å². The van der Waals surface area contributed by atoms with Gasteiger partial charge in [-0.25, -0.2) is 0 Å². The number of piperidine rings is 1. The van der Waals surface area contributed by atoms with E-state index < -0.39 is 0 Å². The second-order valence-corrected chi connectivity index (χ2v) is 10.6. The van der Waals surface area contributed by atoms with Crippen molar-refractivity contribution in [1.29, 1.82) is 0 Å². The molecule has 0 aromatic heterocycles. The third-order valence-corrected chi connectivity index (χ3v) is 8.17. The van der Waals surface area contributed by atoms with Crippen LogP contribution in [0.4, 0.5) is 0 Å². The van der Waals surface area contributed by atoms with Gasteiger partial charge in [0.1, 0.15) is 5.75 Å². The first-order chi connectivity index (χ1) is 17.0. The molecule has 3 aliphatic rings. The number of amides is 1. The van der Waals surface area contributed by atoms with Crippen molar-refractivity contribution in [3.8, 4) is 5.75 Å². The van der Waals surface area contributed by atoms with Crippen LogP contribution < -0.4 is 10.1 Å². The highest BCUT2D eigenvalue weighted by Crippen LogP contribution is 2.51. The van der Waals surface area contributed by atoms with Crippen LogP contribution in [0.1, 0.15) is 54.9 Å². The molecule has 186 valence electrons. The highest BCUT2D eigenvalue weighted by molar-refractivity contribution is 5.94. The van der Waals surface area contributed by atoms with Gasteiger partial charge in [-0.3, -0.25) is 9.59 Å². The average Bonchev–Trinajstić information content (AvgIpc) is 3.68. The molecule has 3 fully saturated rings. The lowest BCUT2D eigenvalue weighted by Gasteiger charge is -2.55. The molecular weight excluding hydrogens is 440 g/mol. The maximum Gasteiger partial charge on any atom is 0.308 e. The van der Waals surface area contributed by atoms with Crippen molar-refractivity contribution in [3.63, 3.8) is 0 Å². The lowest BCUT2D eigenvalue weighted by atomic mass is 9.57. The summed E-state index contributed by atoms with van der Waals surface area (Å²) in [5.41, 5.74) is 1.69. The normalized spacial score (nSPS) is 28.7. The van der Waals surface area contributed by atoms with Crippen LogP contribution in [0, 0.1) is 11.8 Å². The third kappa shape index (κ3) is 5.29. The molecule has 2 aromatic rings. The first-order valence-electron chi connectivity index (χ1n) is 12.9. The molecule has 2 aliphatic carbocycles. The molecule has 0 bridgehead atoms. The van der Waals surface area contributed by atoms with Gasteiger partial charge in [0.25, 0.3) is 5.91 Å². The Hall–Kier alpha value is -2.70. The van der Waals surface area contributed by atoms with Crippen LogP contribution in [-0.4, -0.2) is 55.7 Å². The van der Waals surface area contributed by atoms with Crippen molar-refractivity contribution in [2.45, 2.75) is 56.6 Å². The highest BCUT2D eigenvalue weighted by atomic mass is 16.5. The van der Waals surface area contributed by atoms with Gasteiger partial charge in [-0.15, -0.1) is 0 Å². The maximum atomic E-state index is 13.0. The van der Waals surface area contributed by atoms with Crippen LogP contribution in [0.5, 0.6) is 5.75 Å². The summed E-state index contributed by atoms with van der Waals surface area (Å²) in [6, 6.07) is 17.4. The number of likely N-dealkylation sites (tertiary alicyclic amines) is 1. The number of carbonyl (C=O) groups is 2. The summed E-state index contributed by atoms with van der Waals surface area (Å²) in [5.74, 6) is 1.36. The average molecular weight is 477 g/mol. The molecule has 0 spiro atoms. The Morgan fingerprint density at radius 2 is 1.91 bits per heavy atom. The molecule has 0 radical (unpaired) electrons. The van der Waals surface area contributed by atoms with Gasteiger partial charge >= 0.3 is 5.97 Å². The Balaban J connectivity index is 1.46. The number of fused-ring (bicyclic) bond motifs is 1. The summed E-state index contributed by atoms with van der Waals surface area (Å²) in [4.78, 5) is 27.3. The molecule has 1 N–H and O–H groups in total. The molecule has 2 aromatic carbocycles. The second-order valence-electron chi connectivity index (χ2n) is 10.6. The minimum Gasteiger partial charge on any atom is -0.427 e. The van der Waals surface area contributed by atoms with Gasteiger partial charge in [0.15, 0.2) is 0 Å². The third-order valence-electron chi connectivity index (χ3n) is 8.17. The zero-order valence-corrected chi connectivity index (χ0v) is 20.7. The Morgan fingerprint density at radius 3 is 2.63 bits per heavy atom. The topological polar surface area (TPSA) is 67.9 Å². The van der Waals surface area contributed by atoms with E-state index in [4.69, 9.17) is 9.47 Å². The van der Waals surface area contributed by atoms with E-state index in [-0.39, 0.29) is 29.4 Å². The lowest BCUT2D eigenvalue weighted by molar-refractivity contribution is -0.131. The SMILES string of the molecule is COC1C[C@@H](NC(=O)c2ccccc2)C[C@]2(c3cccc(OC(C)=O)c3)CCN(CC3CC3)C[C@@H]12. The van der Waals surface area contributed by atoms with Gasteiger partial charge in [-0.2, -0.15) is 0 Å².